The number of quaternary nitrogens is 1. The molecule has 2 N–H and O–H groups in total. The number of benzene rings is 2. The fraction of sp³-hybridized carbons (Fsp3) is 0.435. The van der Waals surface area contributed by atoms with E-state index in [9.17, 15) is 4.79 Å². The molecule has 144 valence electrons. The maximum absolute atomic E-state index is 12.7. The lowest BCUT2D eigenvalue weighted by atomic mass is 10.0. The average molecular weight is 368 g/mol. The minimum atomic E-state index is 0.0413. The van der Waals surface area contributed by atoms with Crippen LogP contribution in [0.5, 0.6) is 5.75 Å². The van der Waals surface area contributed by atoms with E-state index in [4.69, 9.17) is 4.74 Å². The van der Waals surface area contributed by atoms with E-state index in [1.54, 1.807) is 7.11 Å². The topological polar surface area (TPSA) is 42.8 Å². The van der Waals surface area contributed by atoms with Crippen molar-refractivity contribution in [3.63, 3.8) is 0 Å². The largest absolute Gasteiger partial charge is 0.495 e. The Hall–Kier alpha value is -2.33. The molecule has 4 nitrogen and oxygen atoms in total. The van der Waals surface area contributed by atoms with Crippen molar-refractivity contribution >= 4 is 11.6 Å². The summed E-state index contributed by atoms with van der Waals surface area (Å²) in [4.78, 5) is 14.0. The van der Waals surface area contributed by atoms with Crippen molar-refractivity contribution in [2.45, 2.75) is 52.1 Å². The van der Waals surface area contributed by atoms with Gasteiger partial charge in [-0.05, 0) is 36.1 Å². The number of rotatable bonds is 8. The molecular weight excluding hydrogens is 336 g/mol. The van der Waals surface area contributed by atoms with Crippen LogP contribution < -0.4 is 15.0 Å². The van der Waals surface area contributed by atoms with Gasteiger partial charge in [0.25, 0.3) is 5.91 Å². The van der Waals surface area contributed by atoms with Crippen LogP contribution in [0.4, 0.5) is 5.69 Å². The molecule has 1 atom stereocenters. The van der Waals surface area contributed by atoms with Crippen LogP contribution in [0, 0.1) is 6.92 Å². The molecule has 0 saturated heterocycles. The van der Waals surface area contributed by atoms with Crippen molar-refractivity contribution in [3.05, 3.63) is 59.2 Å². The molecule has 2 aromatic rings. The molecule has 1 aliphatic carbocycles. The highest BCUT2D eigenvalue weighted by atomic mass is 16.5. The molecule has 1 fully saturated rings. The van der Waals surface area contributed by atoms with E-state index in [-0.39, 0.29) is 5.91 Å². The van der Waals surface area contributed by atoms with E-state index in [0.717, 1.165) is 17.8 Å². The maximum atomic E-state index is 12.7. The van der Waals surface area contributed by atoms with Gasteiger partial charge in [-0.2, -0.15) is 0 Å². The molecule has 1 aliphatic rings. The van der Waals surface area contributed by atoms with Gasteiger partial charge in [-0.3, -0.25) is 4.79 Å². The minimum Gasteiger partial charge on any atom is -0.495 e. The third-order valence-electron chi connectivity index (χ3n) is 5.25. The van der Waals surface area contributed by atoms with Crippen molar-refractivity contribution < 1.29 is 14.4 Å². The number of aryl methyl sites for hydroxylation is 1. The predicted molar refractivity (Wildman–Crippen MR) is 109 cm³/mol. The first-order chi connectivity index (χ1) is 13.0. The van der Waals surface area contributed by atoms with E-state index >= 15 is 0 Å². The van der Waals surface area contributed by atoms with Gasteiger partial charge in [-0.25, -0.2) is 0 Å². The number of nitrogens with one attached hydrogen (secondary N) is 2. The molecule has 0 spiro atoms. The van der Waals surface area contributed by atoms with Gasteiger partial charge < -0.3 is 15.0 Å². The van der Waals surface area contributed by atoms with Gasteiger partial charge in [0.2, 0.25) is 0 Å². The number of methoxy groups -OCH3 is 1. The minimum absolute atomic E-state index is 0.0413. The van der Waals surface area contributed by atoms with Gasteiger partial charge in [0.05, 0.1) is 18.8 Å². The second kappa shape index (κ2) is 8.57. The first kappa shape index (κ1) is 19.4. The van der Waals surface area contributed by atoms with E-state index in [2.05, 4.69) is 43.4 Å². The molecule has 1 amide bonds. The number of carbonyl (C=O) groups excluding carboxylic acids is 1. The summed E-state index contributed by atoms with van der Waals surface area (Å²) in [7, 11) is 1.63. The first-order valence-electron chi connectivity index (χ1n) is 9.84. The molecule has 0 aromatic heterocycles. The Morgan fingerprint density at radius 2 is 1.89 bits per heavy atom. The zero-order chi connectivity index (χ0) is 19.4. The Morgan fingerprint density at radius 3 is 2.48 bits per heavy atom. The summed E-state index contributed by atoms with van der Waals surface area (Å²) >= 11 is 0. The van der Waals surface area contributed by atoms with Gasteiger partial charge in [-0.15, -0.1) is 0 Å². The molecule has 0 radical (unpaired) electrons. The van der Waals surface area contributed by atoms with Gasteiger partial charge in [-0.1, -0.05) is 44.2 Å². The lowest BCUT2D eigenvalue weighted by Gasteiger charge is -2.20. The summed E-state index contributed by atoms with van der Waals surface area (Å²) in [6.45, 7) is 7.80. The highest BCUT2D eigenvalue weighted by molar-refractivity contribution is 5.93. The quantitative estimate of drug-likeness (QED) is 0.752. The summed E-state index contributed by atoms with van der Waals surface area (Å²) in [6, 6.07) is 15.3. The summed E-state index contributed by atoms with van der Waals surface area (Å²) in [5.74, 6) is 1.28. The third kappa shape index (κ3) is 5.33. The molecule has 27 heavy (non-hydrogen) atoms. The molecular formula is C23H31N2O2+. The molecule has 3 rings (SSSR count). The van der Waals surface area contributed by atoms with Crippen LogP contribution in [0.15, 0.2) is 42.5 Å². The zero-order valence-electron chi connectivity index (χ0n) is 16.8. The van der Waals surface area contributed by atoms with Crippen LogP contribution in [-0.4, -0.2) is 25.6 Å². The van der Waals surface area contributed by atoms with Crippen LogP contribution in [-0.2, 0) is 11.3 Å². The Morgan fingerprint density at radius 1 is 1.19 bits per heavy atom. The summed E-state index contributed by atoms with van der Waals surface area (Å²) < 4.78 is 5.37. The summed E-state index contributed by atoms with van der Waals surface area (Å²) in [5.41, 5.74) is 4.50. The van der Waals surface area contributed by atoms with Crippen LogP contribution >= 0.6 is 0 Å². The van der Waals surface area contributed by atoms with Gasteiger partial charge >= 0.3 is 0 Å². The Kier molecular flexibility index (Phi) is 6.17. The molecule has 0 bridgehead atoms. The lowest BCUT2D eigenvalue weighted by Crippen LogP contribution is -3.13. The van der Waals surface area contributed by atoms with Crippen LogP contribution in [0.1, 0.15) is 49.3 Å². The van der Waals surface area contributed by atoms with E-state index in [0.29, 0.717) is 24.3 Å². The number of anilines is 1. The second-order valence-electron chi connectivity index (χ2n) is 7.93. The molecule has 0 heterocycles. The van der Waals surface area contributed by atoms with Crippen molar-refractivity contribution in [1.82, 2.24) is 0 Å². The number of hydrogen-bond acceptors (Lipinski definition) is 2. The number of ether oxygens (including phenoxy) is 1. The molecule has 0 aliphatic heterocycles. The fourth-order valence-corrected chi connectivity index (χ4v) is 3.45. The Balaban J connectivity index is 1.64. The number of amides is 1. The third-order valence-corrected chi connectivity index (χ3v) is 5.25. The normalized spacial score (nSPS) is 14.9. The monoisotopic (exact) mass is 367 g/mol. The van der Waals surface area contributed by atoms with E-state index in [1.165, 1.54) is 28.9 Å². The van der Waals surface area contributed by atoms with Crippen molar-refractivity contribution in [3.8, 4) is 5.75 Å². The first-order valence-corrected chi connectivity index (χ1v) is 9.84. The SMILES string of the molecule is COc1ccc(C)cc1NC(=O)C[NH+](Cc1ccc(C(C)C)cc1)C1CC1. The highest BCUT2D eigenvalue weighted by Gasteiger charge is 2.34. The maximum Gasteiger partial charge on any atom is 0.279 e. The second-order valence-corrected chi connectivity index (χ2v) is 7.93. The lowest BCUT2D eigenvalue weighted by molar-refractivity contribution is -0.916. The smallest absolute Gasteiger partial charge is 0.279 e. The van der Waals surface area contributed by atoms with Crippen LogP contribution in [0.25, 0.3) is 0 Å². The standard InChI is InChI=1S/C23H30N2O2/c1-16(2)19-8-6-18(7-9-19)14-25(20-10-11-20)15-23(26)24-21-13-17(3)5-12-22(21)27-4/h5-9,12-13,16,20H,10-11,14-15H2,1-4H3,(H,24,26)/p+1. The van der Waals surface area contributed by atoms with Crippen LogP contribution in [0.2, 0.25) is 0 Å². The van der Waals surface area contributed by atoms with Gasteiger partial charge in [0.1, 0.15) is 12.3 Å². The molecule has 4 heteroatoms. The van der Waals surface area contributed by atoms with E-state index < -0.39 is 0 Å². The highest BCUT2D eigenvalue weighted by Crippen LogP contribution is 2.25. The van der Waals surface area contributed by atoms with Gasteiger partial charge in [0.15, 0.2) is 6.54 Å². The number of carbonyl (C=O) groups is 1. The predicted octanol–water partition coefficient (Wildman–Crippen LogP) is 3.31. The summed E-state index contributed by atoms with van der Waals surface area (Å²) in [5, 5.41) is 3.04. The van der Waals surface area contributed by atoms with Crippen molar-refractivity contribution in [2.24, 2.45) is 0 Å². The Labute approximate surface area is 162 Å². The van der Waals surface area contributed by atoms with Crippen molar-refractivity contribution in [2.75, 3.05) is 19.0 Å². The molecule has 1 saturated carbocycles. The van der Waals surface area contributed by atoms with E-state index in [1.807, 2.05) is 25.1 Å². The average Bonchev–Trinajstić information content (AvgIpc) is 3.47. The fourth-order valence-electron chi connectivity index (χ4n) is 3.45. The number of hydrogen-bond donors (Lipinski definition) is 2. The zero-order valence-corrected chi connectivity index (χ0v) is 16.8. The Bertz CT molecular complexity index is 779. The molecule has 2 aromatic carbocycles. The van der Waals surface area contributed by atoms with Crippen molar-refractivity contribution in [1.29, 1.82) is 0 Å². The van der Waals surface area contributed by atoms with Gasteiger partial charge in [0, 0.05) is 18.4 Å². The molecule has 1 unspecified atom stereocenters. The summed E-state index contributed by atoms with van der Waals surface area (Å²) in [6.07, 6.45) is 2.42. The van der Waals surface area contributed by atoms with Crippen LogP contribution in [0.3, 0.4) is 0 Å².